The van der Waals surface area contributed by atoms with Crippen LogP contribution in [0.3, 0.4) is 0 Å². The van der Waals surface area contributed by atoms with Gasteiger partial charge in [0.05, 0.1) is 11.9 Å². The van der Waals surface area contributed by atoms with E-state index in [1.807, 2.05) is 18.2 Å². The average Bonchev–Trinajstić information content (AvgIpc) is 2.99. The lowest BCUT2D eigenvalue weighted by Crippen LogP contribution is -2.39. The van der Waals surface area contributed by atoms with Crippen molar-refractivity contribution in [2.75, 3.05) is 13.1 Å². The molecule has 5 nitrogen and oxygen atoms in total. The number of hydrogen-bond acceptors (Lipinski definition) is 3. The molecule has 0 atom stereocenters. The van der Waals surface area contributed by atoms with Gasteiger partial charge < -0.3 is 0 Å². The molecular formula is C17H21F2N3O2S. The van der Waals surface area contributed by atoms with E-state index in [2.05, 4.69) is 17.2 Å². The van der Waals surface area contributed by atoms with E-state index >= 15 is 0 Å². The molecule has 1 fully saturated rings. The second-order valence-electron chi connectivity index (χ2n) is 6.37. The zero-order valence-corrected chi connectivity index (χ0v) is 14.8. The molecule has 1 aliphatic rings. The Morgan fingerprint density at radius 2 is 1.84 bits per heavy atom. The van der Waals surface area contributed by atoms with E-state index in [0.29, 0.717) is 23.7 Å². The molecule has 0 spiro atoms. The summed E-state index contributed by atoms with van der Waals surface area (Å²) in [5.41, 5.74) is 1.35. The Kier molecular flexibility index (Phi) is 5.19. The summed E-state index contributed by atoms with van der Waals surface area (Å²) in [5, 5.41) is 3.60. The van der Waals surface area contributed by atoms with Crippen molar-refractivity contribution < 1.29 is 17.2 Å². The summed E-state index contributed by atoms with van der Waals surface area (Å²) >= 11 is 0. The first-order valence-corrected chi connectivity index (χ1v) is 9.70. The largest absolute Gasteiger partial charge is 0.333 e. The van der Waals surface area contributed by atoms with Crippen molar-refractivity contribution in [3.05, 3.63) is 47.8 Å². The summed E-state index contributed by atoms with van der Waals surface area (Å²) in [4.78, 5) is -0.130. The van der Waals surface area contributed by atoms with E-state index in [0.717, 1.165) is 25.5 Å². The van der Waals surface area contributed by atoms with Crippen LogP contribution in [0, 0.1) is 12.8 Å². The Bertz CT molecular complexity index is 814. The van der Waals surface area contributed by atoms with Crippen LogP contribution in [0.1, 0.15) is 30.6 Å². The lowest BCUT2D eigenvalue weighted by atomic mass is 9.91. The van der Waals surface area contributed by atoms with Crippen LogP contribution in [-0.2, 0) is 16.4 Å². The van der Waals surface area contributed by atoms with Crippen molar-refractivity contribution >= 4 is 10.0 Å². The molecule has 0 amide bonds. The van der Waals surface area contributed by atoms with E-state index in [-0.39, 0.29) is 10.6 Å². The Morgan fingerprint density at radius 1 is 1.20 bits per heavy atom. The summed E-state index contributed by atoms with van der Waals surface area (Å²) in [6, 6.07) is 10.1. The van der Waals surface area contributed by atoms with E-state index in [1.54, 1.807) is 0 Å². The maximum Gasteiger partial charge on any atom is 0.333 e. The van der Waals surface area contributed by atoms with Crippen LogP contribution in [0.5, 0.6) is 0 Å². The molecule has 0 saturated carbocycles. The number of sulfonamides is 1. The van der Waals surface area contributed by atoms with Crippen molar-refractivity contribution in [1.82, 2.24) is 14.1 Å². The van der Waals surface area contributed by atoms with E-state index < -0.39 is 16.6 Å². The third kappa shape index (κ3) is 3.90. The summed E-state index contributed by atoms with van der Waals surface area (Å²) in [7, 11) is -3.79. The highest BCUT2D eigenvalue weighted by Gasteiger charge is 2.32. The summed E-state index contributed by atoms with van der Waals surface area (Å²) < 4.78 is 52.7. The van der Waals surface area contributed by atoms with Gasteiger partial charge in [0.1, 0.15) is 4.90 Å². The molecule has 136 valence electrons. The molecule has 0 bridgehead atoms. The maximum atomic E-state index is 12.7. The first-order chi connectivity index (χ1) is 11.9. The number of aryl methyl sites for hydroxylation is 1. The molecule has 1 saturated heterocycles. The number of hydrogen-bond donors (Lipinski definition) is 0. The first-order valence-electron chi connectivity index (χ1n) is 8.26. The zero-order chi connectivity index (χ0) is 18.0. The zero-order valence-electron chi connectivity index (χ0n) is 14.0. The molecule has 0 aliphatic carbocycles. The first kappa shape index (κ1) is 18.0. The highest BCUT2D eigenvalue weighted by Crippen LogP contribution is 2.28. The van der Waals surface area contributed by atoms with Gasteiger partial charge in [0.2, 0.25) is 10.0 Å². The third-order valence-corrected chi connectivity index (χ3v) is 6.63. The van der Waals surface area contributed by atoms with Gasteiger partial charge in [0.25, 0.3) is 0 Å². The van der Waals surface area contributed by atoms with Gasteiger partial charge in [0.15, 0.2) is 0 Å². The van der Waals surface area contributed by atoms with Crippen LogP contribution in [0.4, 0.5) is 8.78 Å². The van der Waals surface area contributed by atoms with Gasteiger partial charge in [-0.1, -0.05) is 30.3 Å². The SMILES string of the molecule is Cc1nn(C(F)F)cc1S(=O)(=O)N1CCC(Cc2ccccc2)CC1. The number of benzene rings is 1. The highest BCUT2D eigenvalue weighted by atomic mass is 32.2. The topological polar surface area (TPSA) is 55.2 Å². The van der Waals surface area contributed by atoms with E-state index in [9.17, 15) is 17.2 Å². The normalized spacial score (nSPS) is 17.3. The number of alkyl halides is 2. The second kappa shape index (κ2) is 7.21. The lowest BCUT2D eigenvalue weighted by Gasteiger charge is -2.31. The van der Waals surface area contributed by atoms with Crippen LogP contribution >= 0.6 is 0 Å². The van der Waals surface area contributed by atoms with Crippen LogP contribution in [0.15, 0.2) is 41.4 Å². The minimum atomic E-state index is -3.79. The van der Waals surface area contributed by atoms with Gasteiger partial charge in [-0.15, -0.1) is 0 Å². The lowest BCUT2D eigenvalue weighted by molar-refractivity contribution is 0.0561. The van der Waals surface area contributed by atoms with Gasteiger partial charge in [-0.3, -0.25) is 0 Å². The number of rotatable bonds is 5. The van der Waals surface area contributed by atoms with Crippen molar-refractivity contribution in [1.29, 1.82) is 0 Å². The summed E-state index contributed by atoms with van der Waals surface area (Å²) in [6.07, 6.45) is 3.37. The minimum absolute atomic E-state index is 0.103. The van der Waals surface area contributed by atoms with Gasteiger partial charge >= 0.3 is 6.55 Å². The standard InChI is InChI=1S/C17H21F2N3O2S/c1-13-16(12-22(20-13)17(18)19)25(23,24)21-9-7-15(8-10-21)11-14-5-3-2-4-6-14/h2-6,12,15,17H,7-11H2,1H3. The molecular weight excluding hydrogens is 348 g/mol. The van der Waals surface area contributed by atoms with Crippen LogP contribution in [0.2, 0.25) is 0 Å². The predicted octanol–water partition coefficient (Wildman–Crippen LogP) is 3.23. The van der Waals surface area contributed by atoms with Crippen molar-refractivity contribution in [3.63, 3.8) is 0 Å². The van der Waals surface area contributed by atoms with Crippen LogP contribution in [0.25, 0.3) is 0 Å². The van der Waals surface area contributed by atoms with Gasteiger partial charge in [-0.25, -0.2) is 13.1 Å². The third-order valence-electron chi connectivity index (χ3n) is 4.63. The Morgan fingerprint density at radius 3 is 2.40 bits per heavy atom. The number of halogens is 2. The molecule has 2 aromatic rings. The van der Waals surface area contributed by atoms with Gasteiger partial charge in [0, 0.05) is 13.1 Å². The van der Waals surface area contributed by atoms with Crippen molar-refractivity contribution in [2.24, 2.45) is 5.92 Å². The molecule has 0 unspecified atom stereocenters. The smallest absolute Gasteiger partial charge is 0.210 e. The van der Waals surface area contributed by atoms with Crippen molar-refractivity contribution in [3.8, 4) is 0 Å². The Hall–Kier alpha value is -1.80. The predicted molar refractivity (Wildman–Crippen MR) is 89.8 cm³/mol. The average molecular weight is 369 g/mol. The fraction of sp³-hybridized carbons (Fsp3) is 0.471. The fourth-order valence-electron chi connectivity index (χ4n) is 3.26. The number of nitrogens with zero attached hydrogens (tertiary/aromatic N) is 3. The Labute approximate surface area is 146 Å². The van der Waals surface area contributed by atoms with Gasteiger partial charge in [-0.2, -0.15) is 18.2 Å². The van der Waals surface area contributed by atoms with E-state index in [4.69, 9.17) is 0 Å². The fourth-order valence-corrected chi connectivity index (χ4v) is 4.88. The highest BCUT2D eigenvalue weighted by molar-refractivity contribution is 7.89. The summed E-state index contributed by atoms with van der Waals surface area (Å²) in [5.74, 6) is 0.429. The number of aromatic nitrogens is 2. The molecule has 8 heteroatoms. The molecule has 0 N–H and O–H groups in total. The van der Waals surface area contributed by atoms with E-state index in [1.165, 1.54) is 16.8 Å². The molecule has 1 aliphatic heterocycles. The molecule has 2 heterocycles. The number of piperidine rings is 1. The van der Waals surface area contributed by atoms with Crippen LogP contribution < -0.4 is 0 Å². The monoisotopic (exact) mass is 369 g/mol. The Balaban J connectivity index is 1.67. The van der Waals surface area contributed by atoms with Crippen molar-refractivity contribution in [2.45, 2.75) is 37.6 Å². The molecule has 0 radical (unpaired) electrons. The maximum absolute atomic E-state index is 12.7. The van der Waals surface area contributed by atoms with Crippen LogP contribution in [-0.4, -0.2) is 35.6 Å². The van der Waals surface area contributed by atoms with Gasteiger partial charge in [-0.05, 0) is 37.7 Å². The molecule has 1 aromatic heterocycles. The molecule has 3 rings (SSSR count). The molecule has 1 aromatic carbocycles. The quantitative estimate of drug-likeness (QED) is 0.813. The molecule has 25 heavy (non-hydrogen) atoms. The second-order valence-corrected chi connectivity index (χ2v) is 8.28. The summed E-state index contributed by atoms with van der Waals surface area (Å²) in [6.45, 7) is -0.606. The minimum Gasteiger partial charge on any atom is -0.210 e.